The van der Waals surface area contributed by atoms with E-state index in [0.29, 0.717) is 35.8 Å². The fourth-order valence-corrected chi connectivity index (χ4v) is 4.37. The molecule has 31 heavy (non-hydrogen) atoms. The van der Waals surface area contributed by atoms with Crippen LogP contribution in [0.4, 0.5) is 11.4 Å². The minimum absolute atomic E-state index is 0.0929. The highest BCUT2D eigenvalue weighted by Gasteiger charge is 2.28. The van der Waals surface area contributed by atoms with Gasteiger partial charge in [0.05, 0.1) is 24.2 Å². The summed E-state index contributed by atoms with van der Waals surface area (Å²) in [6.45, 7) is 6.83. The van der Waals surface area contributed by atoms with Crippen molar-refractivity contribution in [2.24, 2.45) is 0 Å². The Labute approximate surface area is 186 Å². The van der Waals surface area contributed by atoms with Crippen molar-refractivity contribution in [3.05, 3.63) is 47.5 Å². The first-order valence-electron chi connectivity index (χ1n) is 10.2. The first-order valence-corrected chi connectivity index (χ1v) is 11.2. The third kappa shape index (κ3) is 5.02. The summed E-state index contributed by atoms with van der Waals surface area (Å²) in [7, 11) is 1.54. The SMILES string of the molecule is CCN(CC)C(=O)c1ccc2c(c1)N(CC(=O)Nc1cc(C)ccc1OC)C(=O)CS2. The molecule has 1 N–H and O–H groups in total. The van der Waals surface area contributed by atoms with Crippen molar-refractivity contribution in [1.29, 1.82) is 0 Å². The normalized spacial score (nSPS) is 12.9. The van der Waals surface area contributed by atoms with Crippen molar-refractivity contribution in [2.45, 2.75) is 25.7 Å². The molecule has 2 aromatic carbocycles. The lowest BCUT2D eigenvalue weighted by Gasteiger charge is -2.29. The average Bonchev–Trinajstić information content (AvgIpc) is 2.76. The van der Waals surface area contributed by atoms with Gasteiger partial charge in [0, 0.05) is 23.5 Å². The number of nitrogens with one attached hydrogen (secondary N) is 1. The number of hydrogen-bond acceptors (Lipinski definition) is 5. The molecule has 7 nitrogen and oxygen atoms in total. The lowest BCUT2D eigenvalue weighted by atomic mass is 10.1. The summed E-state index contributed by atoms with van der Waals surface area (Å²) >= 11 is 1.41. The summed E-state index contributed by atoms with van der Waals surface area (Å²) in [6.07, 6.45) is 0. The number of anilines is 2. The third-order valence-electron chi connectivity index (χ3n) is 5.13. The van der Waals surface area contributed by atoms with Crippen LogP contribution in [0.3, 0.4) is 0 Å². The highest BCUT2D eigenvalue weighted by molar-refractivity contribution is 8.00. The van der Waals surface area contributed by atoms with Crippen molar-refractivity contribution in [2.75, 3.05) is 42.7 Å². The Hall–Kier alpha value is -3.00. The maximum atomic E-state index is 12.8. The van der Waals surface area contributed by atoms with Crippen LogP contribution in [0.2, 0.25) is 0 Å². The molecule has 8 heteroatoms. The van der Waals surface area contributed by atoms with E-state index in [1.807, 2.05) is 39.0 Å². The second-order valence-electron chi connectivity index (χ2n) is 7.18. The van der Waals surface area contributed by atoms with E-state index in [1.54, 1.807) is 23.1 Å². The van der Waals surface area contributed by atoms with E-state index in [1.165, 1.54) is 23.8 Å². The standard InChI is InChI=1S/C23H27N3O4S/c1-5-25(6-2)23(29)16-8-10-20-18(12-16)26(22(28)14-31-20)13-21(27)24-17-11-15(3)7-9-19(17)30-4/h7-12H,5-6,13-14H2,1-4H3,(H,24,27). The molecule has 1 heterocycles. The van der Waals surface area contributed by atoms with E-state index >= 15 is 0 Å². The molecule has 0 saturated heterocycles. The van der Waals surface area contributed by atoms with Crippen LogP contribution in [0, 0.1) is 6.92 Å². The Morgan fingerprint density at radius 1 is 1.16 bits per heavy atom. The van der Waals surface area contributed by atoms with Gasteiger partial charge in [0.15, 0.2) is 0 Å². The summed E-state index contributed by atoms with van der Waals surface area (Å²) in [6, 6.07) is 10.8. The zero-order valence-corrected chi connectivity index (χ0v) is 19.0. The minimum Gasteiger partial charge on any atom is -0.495 e. The third-order valence-corrected chi connectivity index (χ3v) is 6.18. The lowest BCUT2D eigenvalue weighted by Crippen LogP contribution is -2.41. The van der Waals surface area contributed by atoms with Gasteiger partial charge in [-0.25, -0.2) is 0 Å². The fraction of sp³-hybridized carbons (Fsp3) is 0.348. The number of thioether (sulfide) groups is 1. The predicted octanol–water partition coefficient (Wildman–Crippen LogP) is 3.56. The molecule has 0 atom stereocenters. The van der Waals surface area contributed by atoms with Crippen molar-refractivity contribution in [3.8, 4) is 5.75 Å². The first-order chi connectivity index (χ1) is 14.9. The molecular formula is C23H27N3O4S. The molecule has 3 rings (SSSR count). The van der Waals surface area contributed by atoms with E-state index in [9.17, 15) is 14.4 Å². The molecule has 2 aromatic rings. The highest BCUT2D eigenvalue weighted by Crippen LogP contribution is 2.36. The fourth-order valence-electron chi connectivity index (χ4n) is 3.45. The Bertz CT molecular complexity index is 1000. The van der Waals surface area contributed by atoms with Gasteiger partial charge in [0.1, 0.15) is 12.3 Å². The molecular weight excluding hydrogens is 414 g/mol. The number of ether oxygens (including phenoxy) is 1. The molecule has 1 aliphatic rings. The van der Waals surface area contributed by atoms with Gasteiger partial charge in [-0.3, -0.25) is 14.4 Å². The molecule has 164 valence electrons. The van der Waals surface area contributed by atoms with E-state index < -0.39 is 0 Å². The molecule has 0 unspecified atom stereocenters. The van der Waals surface area contributed by atoms with Crippen LogP contribution < -0.4 is 15.0 Å². The number of rotatable bonds is 7. The number of carbonyl (C=O) groups is 3. The number of carbonyl (C=O) groups excluding carboxylic acids is 3. The van der Waals surface area contributed by atoms with Crippen LogP contribution in [0.25, 0.3) is 0 Å². The van der Waals surface area contributed by atoms with Gasteiger partial charge in [-0.2, -0.15) is 0 Å². The van der Waals surface area contributed by atoms with Crippen molar-refractivity contribution in [1.82, 2.24) is 4.90 Å². The van der Waals surface area contributed by atoms with Gasteiger partial charge in [0.25, 0.3) is 5.91 Å². The topological polar surface area (TPSA) is 79.0 Å². The van der Waals surface area contributed by atoms with Crippen LogP contribution in [0.15, 0.2) is 41.3 Å². The number of aryl methyl sites for hydroxylation is 1. The van der Waals surface area contributed by atoms with Crippen molar-refractivity contribution >= 4 is 40.9 Å². The maximum absolute atomic E-state index is 12.8. The highest BCUT2D eigenvalue weighted by atomic mass is 32.2. The lowest BCUT2D eigenvalue weighted by molar-refractivity contribution is -0.120. The number of nitrogens with zero attached hydrogens (tertiary/aromatic N) is 2. The number of hydrogen-bond donors (Lipinski definition) is 1. The average molecular weight is 442 g/mol. The Morgan fingerprint density at radius 3 is 2.58 bits per heavy atom. The van der Waals surface area contributed by atoms with Crippen LogP contribution in [0.1, 0.15) is 29.8 Å². The van der Waals surface area contributed by atoms with E-state index in [-0.39, 0.29) is 30.0 Å². The molecule has 0 spiro atoms. The smallest absolute Gasteiger partial charge is 0.253 e. The molecule has 1 aliphatic heterocycles. The van der Waals surface area contributed by atoms with Gasteiger partial charge < -0.3 is 19.9 Å². The Balaban J connectivity index is 1.85. The van der Waals surface area contributed by atoms with Gasteiger partial charge in [-0.15, -0.1) is 11.8 Å². The molecule has 3 amide bonds. The number of amides is 3. The van der Waals surface area contributed by atoms with E-state index in [0.717, 1.165) is 10.5 Å². The van der Waals surface area contributed by atoms with Crippen LogP contribution in [-0.4, -0.2) is 55.1 Å². The van der Waals surface area contributed by atoms with Gasteiger partial charge in [0.2, 0.25) is 11.8 Å². The Morgan fingerprint density at radius 2 is 1.90 bits per heavy atom. The van der Waals surface area contributed by atoms with Crippen LogP contribution in [-0.2, 0) is 9.59 Å². The summed E-state index contributed by atoms with van der Waals surface area (Å²) in [4.78, 5) is 42.3. The molecule has 0 aromatic heterocycles. The molecule has 0 bridgehead atoms. The number of fused-ring (bicyclic) bond motifs is 1. The van der Waals surface area contributed by atoms with E-state index in [2.05, 4.69) is 5.32 Å². The first kappa shape index (κ1) is 22.7. The molecule has 0 saturated carbocycles. The van der Waals surface area contributed by atoms with Crippen molar-refractivity contribution < 1.29 is 19.1 Å². The summed E-state index contributed by atoms with van der Waals surface area (Å²) in [5.41, 5.74) is 2.62. The number of benzene rings is 2. The van der Waals surface area contributed by atoms with Crippen molar-refractivity contribution in [3.63, 3.8) is 0 Å². The summed E-state index contributed by atoms with van der Waals surface area (Å²) in [5.74, 6) is 0.195. The Kier molecular flexibility index (Phi) is 7.22. The van der Waals surface area contributed by atoms with Gasteiger partial charge in [-0.05, 0) is 56.7 Å². The van der Waals surface area contributed by atoms with Gasteiger partial charge in [-0.1, -0.05) is 6.07 Å². The molecule has 0 radical (unpaired) electrons. The zero-order valence-electron chi connectivity index (χ0n) is 18.2. The number of methoxy groups -OCH3 is 1. The minimum atomic E-state index is -0.337. The molecule has 0 aliphatic carbocycles. The summed E-state index contributed by atoms with van der Waals surface area (Å²) in [5, 5.41) is 2.84. The second-order valence-corrected chi connectivity index (χ2v) is 8.20. The predicted molar refractivity (Wildman–Crippen MR) is 123 cm³/mol. The monoisotopic (exact) mass is 441 g/mol. The van der Waals surface area contributed by atoms with Crippen LogP contribution in [0.5, 0.6) is 5.75 Å². The molecule has 0 fully saturated rings. The quantitative estimate of drug-likeness (QED) is 0.711. The van der Waals surface area contributed by atoms with Crippen LogP contribution >= 0.6 is 11.8 Å². The van der Waals surface area contributed by atoms with E-state index in [4.69, 9.17) is 4.74 Å². The summed E-state index contributed by atoms with van der Waals surface area (Å²) < 4.78 is 5.31. The second kappa shape index (κ2) is 9.87. The zero-order chi connectivity index (χ0) is 22.5. The largest absolute Gasteiger partial charge is 0.495 e. The van der Waals surface area contributed by atoms with Gasteiger partial charge >= 0.3 is 0 Å². The maximum Gasteiger partial charge on any atom is 0.253 e.